The minimum atomic E-state index is -4.08. The van der Waals surface area contributed by atoms with E-state index in [0.717, 1.165) is 28.9 Å². The van der Waals surface area contributed by atoms with Gasteiger partial charge in [-0.3, -0.25) is 10.1 Å². The summed E-state index contributed by atoms with van der Waals surface area (Å²) in [6.07, 6.45) is 3.36. The van der Waals surface area contributed by atoms with Gasteiger partial charge in [0.25, 0.3) is 10.0 Å². The summed E-state index contributed by atoms with van der Waals surface area (Å²) in [7, 11) is -1.61. The van der Waals surface area contributed by atoms with Crippen LogP contribution in [0, 0.1) is 6.92 Å². The fourth-order valence-electron chi connectivity index (χ4n) is 2.39. The number of ketones is 1. The molecule has 1 aromatic carbocycles. The number of benzene rings is 1. The molecule has 2 aromatic rings. The number of nitrogens with zero attached hydrogens (tertiary/aromatic N) is 2. The van der Waals surface area contributed by atoms with Gasteiger partial charge >= 0.3 is 5.97 Å². The van der Waals surface area contributed by atoms with Crippen molar-refractivity contribution < 1.29 is 22.7 Å². The molecule has 0 aliphatic heterocycles. The van der Waals surface area contributed by atoms with Gasteiger partial charge in [0.05, 0.1) is 12.0 Å². The number of aromatic nitrogens is 2. The molecule has 0 radical (unpaired) electrons. The van der Waals surface area contributed by atoms with Gasteiger partial charge in [-0.25, -0.2) is 22.2 Å². The van der Waals surface area contributed by atoms with Gasteiger partial charge in [-0.2, -0.15) is 0 Å². The van der Waals surface area contributed by atoms with E-state index in [1.54, 1.807) is 12.1 Å². The highest BCUT2D eigenvalue weighted by Crippen LogP contribution is 2.21. The maximum Gasteiger partial charge on any atom is 0.338 e. The van der Waals surface area contributed by atoms with Crippen LogP contribution in [0.25, 0.3) is 0 Å². The third-order valence-corrected chi connectivity index (χ3v) is 5.64. The van der Waals surface area contributed by atoms with Gasteiger partial charge in [-0.15, -0.1) is 6.58 Å². The zero-order valence-electron chi connectivity index (χ0n) is 14.6. The predicted molar refractivity (Wildman–Crippen MR) is 94.3 cm³/mol. The van der Waals surface area contributed by atoms with Crippen molar-refractivity contribution in [2.24, 2.45) is 0 Å². The highest BCUT2D eigenvalue weighted by atomic mass is 32.2. The van der Waals surface area contributed by atoms with Crippen LogP contribution in [0.5, 0.6) is 0 Å². The van der Waals surface area contributed by atoms with E-state index in [-0.39, 0.29) is 4.90 Å². The Labute approximate surface area is 151 Å². The number of nitrogens with one attached hydrogen (secondary N) is 1. The van der Waals surface area contributed by atoms with Crippen LogP contribution >= 0.6 is 0 Å². The number of esters is 1. The molecule has 1 atom stereocenters. The van der Waals surface area contributed by atoms with E-state index >= 15 is 0 Å². The second kappa shape index (κ2) is 7.22. The number of Topliss-reactive ketones (excluding diaryl/α,β-unsaturated/α-hetero) is 1. The number of methoxy groups -OCH3 is 1. The molecule has 0 aliphatic rings. The molecule has 0 bridgehead atoms. The van der Waals surface area contributed by atoms with Crippen LogP contribution < -0.4 is 5.32 Å². The molecule has 1 N–H and O–H groups in total. The second-order valence-electron chi connectivity index (χ2n) is 5.45. The SMILES string of the molecule is C=CC(NC)(C(=O)OC)C(=O)c1nccn1S(=O)(=O)c1ccc(C)cc1. The van der Waals surface area contributed by atoms with Crippen LogP contribution in [0.4, 0.5) is 0 Å². The molecule has 1 unspecified atom stereocenters. The third-order valence-electron chi connectivity index (χ3n) is 3.95. The quantitative estimate of drug-likeness (QED) is 0.331. The van der Waals surface area contributed by atoms with E-state index in [0.29, 0.717) is 0 Å². The Morgan fingerprint density at radius 1 is 1.31 bits per heavy atom. The Bertz CT molecular complexity index is 947. The van der Waals surface area contributed by atoms with Gasteiger partial charge in [0.1, 0.15) is 0 Å². The number of aryl methyl sites for hydroxylation is 1. The maximum absolute atomic E-state index is 13.0. The summed E-state index contributed by atoms with van der Waals surface area (Å²) in [5.74, 6) is -2.27. The standard InChI is InChI=1S/C17H19N3O5S/c1-5-17(18-3,16(22)25-4)14(21)15-19-10-11-20(15)26(23,24)13-8-6-12(2)7-9-13/h5-11,18H,1H2,2-4H3. The Balaban J connectivity index is 2.60. The summed E-state index contributed by atoms with van der Waals surface area (Å²) < 4.78 is 31.2. The minimum Gasteiger partial charge on any atom is -0.467 e. The number of ether oxygens (including phenoxy) is 1. The Hall–Kier alpha value is -2.78. The Morgan fingerprint density at radius 2 is 1.92 bits per heavy atom. The van der Waals surface area contributed by atoms with Crippen LogP contribution in [0.1, 0.15) is 16.2 Å². The molecule has 0 saturated heterocycles. The van der Waals surface area contributed by atoms with Crippen LogP contribution in [0.15, 0.2) is 54.2 Å². The van der Waals surface area contributed by atoms with Gasteiger partial charge < -0.3 is 4.74 Å². The average molecular weight is 377 g/mol. The van der Waals surface area contributed by atoms with Crippen molar-refractivity contribution in [3.05, 3.63) is 60.7 Å². The van der Waals surface area contributed by atoms with Gasteiger partial charge in [0, 0.05) is 12.4 Å². The zero-order valence-corrected chi connectivity index (χ0v) is 15.4. The van der Waals surface area contributed by atoms with Crippen molar-refractivity contribution in [1.82, 2.24) is 14.3 Å². The molecule has 0 fully saturated rings. The van der Waals surface area contributed by atoms with E-state index < -0.39 is 33.1 Å². The molecular formula is C17H19N3O5S. The highest BCUT2D eigenvalue weighted by Gasteiger charge is 2.46. The molecule has 0 saturated carbocycles. The van der Waals surface area contributed by atoms with Gasteiger partial charge in [-0.1, -0.05) is 23.8 Å². The number of imidazole rings is 1. The van der Waals surface area contributed by atoms with E-state index in [9.17, 15) is 18.0 Å². The Kier molecular flexibility index (Phi) is 5.43. The monoisotopic (exact) mass is 377 g/mol. The molecule has 0 amide bonds. The average Bonchev–Trinajstić information content (AvgIpc) is 3.13. The highest BCUT2D eigenvalue weighted by molar-refractivity contribution is 7.90. The molecule has 9 heteroatoms. The fourth-order valence-corrected chi connectivity index (χ4v) is 3.67. The number of carbonyl (C=O) groups is 2. The van der Waals surface area contributed by atoms with E-state index in [1.807, 2.05) is 6.92 Å². The molecule has 0 aliphatic carbocycles. The van der Waals surface area contributed by atoms with Crippen molar-refractivity contribution in [3.63, 3.8) is 0 Å². The van der Waals surface area contributed by atoms with Crippen LogP contribution in [0.2, 0.25) is 0 Å². The summed E-state index contributed by atoms with van der Waals surface area (Å²) in [6.45, 7) is 5.32. The van der Waals surface area contributed by atoms with E-state index in [4.69, 9.17) is 0 Å². The van der Waals surface area contributed by atoms with Gasteiger partial charge in [0.15, 0.2) is 5.82 Å². The van der Waals surface area contributed by atoms with Crippen LogP contribution in [-0.4, -0.2) is 48.8 Å². The van der Waals surface area contributed by atoms with Gasteiger partial charge in [-0.05, 0) is 26.1 Å². The normalized spacial score (nSPS) is 13.7. The predicted octanol–water partition coefficient (Wildman–Crippen LogP) is 0.928. The first-order chi connectivity index (χ1) is 12.2. The van der Waals surface area contributed by atoms with Crippen molar-refractivity contribution >= 4 is 21.8 Å². The number of rotatable bonds is 7. The van der Waals surface area contributed by atoms with Crippen molar-refractivity contribution in [3.8, 4) is 0 Å². The van der Waals surface area contributed by atoms with Crippen LogP contribution in [0.3, 0.4) is 0 Å². The minimum absolute atomic E-state index is 0.0121. The Morgan fingerprint density at radius 3 is 2.42 bits per heavy atom. The zero-order chi connectivity index (χ0) is 19.5. The summed E-state index contributed by atoms with van der Waals surface area (Å²) >= 11 is 0. The van der Waals surface area contributed by atoms with E-state index in [2.05, 4.69) is 21.6 Å². The molecule has 1 aromatic heterocycles. The number of hydrogen-bond donors (Lipinski definition) is 1. The lowest BCUT2D eigenvalue weighted by Gasteiger charge is -2.25. The van der Waals surface area contributed by atoms with Crippen molar-refractivity contribution in [2.75, 3.05) is 14.2 Å². The van der Waals surface area contributed by atoms with Gasteiger partial charge in [0.2, 0.25) is 11.3 Å². The lowest BCUT2D eigenvalue weighted by atomic mass is 9.93. The molecular weight excluding hydrogens is 358 g/mol. The molecule has 8 nitrogen and oxygen atoms in total. The smallest absolute Gasteiger partial charge is 0.338 e. The maximum atomic E-state index is 13.0. The fraction of sp³-hybridized carbons (Fsp3) is 0.235. The number of hydrogen-bond acceptors (Lipinski definition) is 7. The first kappa shape index (κ1) is 19.5. The summed E-state index contributed by atoms with van der Waals surface area (Å²) in [5, 5.41) is 2.54. The second-order valence-corrected chi connectivity index (χ2v) is 7.26. The van der Waals surface area contributed by atoms with Crippen molar-refractivity contribution in [2.45, 2.75) is 17.4 Å². The summed E-state index contributed by atoms with van der Waals surface area (Å²) in [6, 6.07) is 6.14. The number of likely N-dealkylation sites (N-methyl/N-ethyl adjacent to an activating group) is 1. The van der Waals surface area contributed by atoms with Crippen LogP contribution in [-0.2, 0) is 19.6 Å². The first-order valence-corrected chi connectivity index (χ1v) is 9.00. The molecule has 138 valence electrons. The summed E-state index contributed by atoms with van der Waals surface area (Å²) in [4.78, 5) is 28.9. The lowest BCUT2D eigenvalue weighted by Crippen LogP contribution is -2.56. The van der Waals surface area contributed by atoms with Crippen molar-refractivity contribution in [1.29, 1.82) is 0 Å². The third kappa shape index (κ3) is 3.06. The lowest BCUT2D eigenvalue weighted by molar-refractivity contribution is -0.144. The molecule has 26 heavy (non-hydrogen) atoms. The first-order valence-electron chi connectivity index (χ1n) is 7.56. The molecule has 1 heterocycles. The van der Waals surface area contributed by atoms with E-state index in [1.165, 1.54) is 25.4 Å². The largest absolute Gasteiger partial charge is 0.467 e. The number of carbonyl (C=O) groups excluding carboxylic acids is 2. The molecule has 0 spiro atoms. The summed E-state index contributed by atoms with van der Waals surface area (Å²) in [5.41, 5.74) is -1.07. The molecule has 2 rings (SSSR count). The topological polar surface area (TPSA) is 107 Å².